The van der Waals surface area contributed by atoms with E-state index in [9.17, 15) is 14.4 Å². The van der Waals surface area contributed by atoms with E-state index < -0.39 is 24.5 Å². The summed E-state index contributed by atoms with van der Waals surface area (Å²) < 4.78 is 15.3. The quantitative estimate of drug-likeness (QED) is 0.703. The number of para-hydroxylation sites is 1. The fourth-order valence-electron chi connectivity index (χ4n) is 2.51. The van der Waals surface area contributed by atoms with Gasteiger partial charge in [0.15, 0.2) is 13.2 Å². The predicted octanol–water partition coefficient (Wildman–Crippen LogP) is 3.04. The summed E-state index contributed by atoms with van der Waals surface area (Å²) in [4.78, 5) is 35.7. The van der Waals surface area contributed by atoms with Crippen LogP contribution in [0.2, 0.25) is 0 Å². The molecule has 7 heteroatoms. The average molecular weight is 385 g/mol. The summed E-state index contributed by atoms with van der Waals surface area (Å²) in [6.45, 7) is 4.97. The molecule has 0 heterocycles. The molecule has 1 amide bonds. The summed E-state index contributed by atoms with van der Waals surface area (Å²) in [5.74, 6) is -1.23. The molecular weight excluding hydrogens is 362 g/mol. The molecule has 0 saturated carbocycles. The number of carbonyl (C=O) groups excluding carboxylic acids is 3. The second-order valence-electron chi connectivity index (χ2n) is 6.09. The zero-order valence-corrected chi connectivity index (χ0v) is 16.1. The number of rotatable bonds is 8. The zero-order valence-electron chi connectivity index (χ0n) is 16.1. The maximum Gasteiger partial charge on any atom is 0.344 e. The molecule has 0 spiro atoms. The van der Waals surface area contributed by atoms with Crippen LogP contribution in [0.15, 0.2) is 42.5 Å². The summed E-state index contributed by atoms with van der Waals surface area (Å²) in [5, 5.41) is 2.54. The number of anilines is 1. The van der Waals surface area contributed by atoms with Crippen molar-refractivity contribution in [2.45, 2.75) is 20.8 Å². The van der Waals surface area contributed by atoms with Gasteiger partial charge in [-0.15, -0.1) is 0 Å². The Balaban J connectivity index is 1.84. The van der Waals surface area contributed by atoms with Crippen LogP contribution in [0.1, 0.15) is 28.4 Å². The number of aryl methyl sites for hydroxylation is 2. The number of hydrogen-bond acceptors (Lipinski definition) is 6. The smallest absolute Gasteiger partial charge is 0.344 e. The predicted molar refractivity (Wildman–Crippen MR) is 103 cm³/mol. The molecule has 0 bridgehead atoms. The SMILES string of the molecule is CCOC(=O)c1ccccc1NC(=O)COC(=O)COc1cc(C)cc(C)c1. The highest BCUT2D eigenvalue weighted by atomic mass is 16.6. The normalized spacial score (nSPS) is 10.1. The second-order valence-corrected chi connectivity index (χ2v) is 6.09. The van der Waals surface area contributed by atoms with Gasteiger partial charge in [-0.1, -0.05) is 18.2 Å². The van der Waals surface area contributed by atoms with Crippen molar-refractivity contribution in [2.24, 2.45) is 0 Å². The molecule has 28 heavy (non-hydrogen) atoms. The largest absolute Gasteiger partial charge is 0.482 e. The second kappa shape index (κ2) is 10.1. The third kappa shape index (κ3) is 6.42. The number of carbonyl (C=O) groups is 3. The highest BCUT2D eigenvalue weighted by Gasteiger charge is 2.15. The van der Waals surface area contributed by atoms with Gasteiger partial charge >= 0.3 is 11.9 Å². The Morgan fingerprint density at radius 2 is 1.61 bits per heavy atom. The number of esters is 2. The highest BCUT2D eigenvalue weighted by molar-refractivity contribution is 6.01. The molecule has 2 rings (SSSR count). The Bertz CT molecular complexity index is 841. The molecule has 0 atom stereocenters. The highest BCUT2D eigenvalue weighted by Crippen LogP contribution is 2.17. The van der Waals surface area contributed by atoms with Crippen LogP contribution >= 0.6 is 0 Å². The summed E-state index contributed by atoms with van der Waals surface area (Å²) in [5.41, 5.74) is 2.54. The van der Waals surface area contributed by atoms with Gasteiger partial charge in [-0.2, -0.15) is 0 Å². The number of benzene rings is 2. The Hall–Kier alpha value is -3.35. The van der Waals surface area contributed by atoms with Crippen LogP contribution in [0.5, 0.6) is 5.75 Å². The summed E-state index contributed by atoms with van der Waals surface area (Å²) in [6.07, 6.45) is 0. The number of amides is 1. The van der Waals surface area contributed by atoms with Crippen molar-refractivity contribution in [2.75, 3.05) is 25.1 Å². The van der Waals surface area contributed by atoms with Gasteiger partial charge in [-0.05, 0) is 56.2 Å². The lowest BCUT2D eigenvalue weighted by atomic mass is 10.1. The van der Waals surface area contributed by atoms with Crippen molar-refractivity contribution in [1.82, 2.24) is 0 Å². The van der Waals surface area contributed by atoms with E-state index in [4.69, 9.17) is 14.2 Å². The van der Waals surface area contributed by atoms with Gasteiger partial charge < -0.3 is 19.5 Å². The number of hydrogen-bond donors (Lipinski definition) is 1. The molecule has 0 aromatic heterocycles. The van der Waals surface area contributed by atoms with Crippen molar-refractivity contribution in [1.29, 1.82) is 0 Å². The van der Waals surface area contributed by atoms with Crippen LogP contribution in [-0.4, -0.2) is 37.7 Å². The lowest BCUT2D eigenvalue weighted by Gasteiger charge is -2.11. The molecule has 0 unspecified atom stereocenters. The monoisotopic (exact) mass is 385 g/mol. The minimum Gasteiger partial charge on any atom is -0.482 e. The topological polar surface area (TPSA) is 90.9 Å². The molecular formula is C21H23NO6. The Morgan fingerprint density at radius 3 is 2.29 bits per heavy atom. The first-order chi connectivity index (χ1) is 13.4. The van der Waals surface area contributed by atoms with Crippen LogP contribution in [0, 0.1) is 13.8 Å². The van der Waals surface area contributed by atoms with Crippen molar-refractivity contribution in [3.05, 3.63) is 59.2 Å². The first-order valence-electron chi connectivity index (χ1n) is 8.81. The third-order valence-electron chi connectivity index (χ3n) is 3.61. The van der Waals surface area contributed by atoms with Gasteiger partial charge in [0.2, 0.25) is 0 Å². The van der Waals surface area contributed by atoms with Gasteiger partial charge in [0.05, 0.1) is 17.9 Å². The molecule has 0 saturated heterocycles. The number of nitrogens with one attached hydrogen (secondary N) is 1. The van der Waals surface area contributed by atoms with Crippen molar-refractivity contribution in [3.63, 3.8) is 0 Å². The Labute approximate surface area is 163 Å². The Kier molecular flexibility index (Phi) is 7.56. The van der Waals surface area contributed by atoms with Crippen LogP contribution < -0.4 is 10.1 Å². The van der Waals surface area contributed by atoms with E-state index in [-0.39, 0.29) is 24.5 Å². The van der Waals surface area contributed by atoms with Gasteiger partial charge in [0.1, 0.15) is 5.75 Å². The van der Waals surface area contributed by atoms with E-state index >= 15 is 0 Å². The summed E-state index contributed by atoms with van der Waals surface area (Å²) in [6, 6.07) is 12.0. The van der Waals surface area contributed by atoms with E-state index in [0.29, 0.717) is 5.75 Å². The Morgan fingerprint density at radius 1 is 0.929 bits per heavy atom. The van der Waals surface area contributed by atoms with Gasteiger partial charge in [-0.25, -0.2) is 9.59 Å². The van der Waals surface area contributed by atoms with Gasteiger partial charge in [0.25, 0.3) is 5.91 Å². The number of ether oxygens (including phenoxy) is 3. The van der Waals surface area contributed by atoms with Crippen LogP contribution in [0.25, 0.3) is 0 Å². The molecule has 0 fully saturated rings. The zero-order chi connectivity index (χ0) is 20.5. The van der Waals surface area contributed by atoms with E-state index in [2.05, 4.69) is 5.32 Å². The van der Waals surface area contributed by atoms with Gasteiger partial charge in [0, 0.05) is 0 Å². The molecule has 1 N–H and O–H groups in total. The maximum absolute atomic E-state index is 12.0. The molecule has 0 radical (unpaired) electrons. The maximum atomic E-state index is 12.0. The van der Waals surface area contributed by atoms with E-state index in [1.807, 2.05) is 19.9 Å². The minimum absolute atomic E-state index is 0.221. The molecule has 0 aliphatic rings. The first kappa shape index (κ1) is 21.0. The molecule has 0 aliphatic carbocycles. The minimum atomic E-state index is -0.673. The lowest BCUT2D eigenvalue weighted by molar-refractivity contribution is -0.149. The van der Waals surface area contributed by atoms with Crippen molar-refractivity contribution < 1.29 is 28.6 Å². The van der Waals surface area contributed by atoms with Crippen LogP contribution in [0.4, 0.5) is 5.69 Å². The van der Waals surface area contributed by atoms with E-state index in [0.717, 1.165) is 11.1 Å². The average Bonchev–Trinajstić information content (AvgIpc) is 2.64. The van der Waals surface area contributed by atoms with Crippen LogP contribution in [0.3, 0.4) is 0 Å². The van der Waals surface area contributed by atoms with Crippen molar-refractivity contribution >= 4 is 23.5 Å². The summed E-state index contributed by atoms with van der Waals surface area (Å²) >= 11 is 0. The van der Waals surface area contributed by atoms with Crippen molar-refractivity contribution in [3.8, 4) is 5.75 Å². The van der Waals surface area contributed by atoms with E-state index in [1.54, 1.807) is 37.3 Å². The molecule has 7 nitrogen and oxygen atoms in total. The fourth-order valence-corrected chi connectivity index (χ4v) is 2.51. The van der Waals surface area contributed by atoms with Crippen LogP contribution in [-0.2, 0) is 19.1 Å². The first-order valence-corrected chi connectivity index (χ1v) is 8.81. The molecule has 2 aromatic carbocycles. The molecule has 0 aliphatic heterocycles. The molecule has 2 aromatic rings. The standard InChI is InChI=1S/C21H23NO6/c1-4-26-21(25)17-7-5-6-8-18(17)22-19(23)12-28-20(24)13-27-16-10-14(2)9-15(3)11-16/h5-11H,4,12-13H2,1-3H3,(H,22,23). The third-order valence-corrected chi connectivity index (χ3v) is 3.61. The fraction of sp³-hybridized carbons (Fsp3) is 0.286. The molecule has 148 valence electrons. The lowest BCUT2D eigenvalue weighted by Crippen LogP contribution is -2.24. The van der Waals surface area contributed by atoms with E-state index in [1.165, 1.54) is 6.07 Å². The summed E-state index contributed by atoms with van der Waals surface area (Å²) in [7, 11) is 0. The van der Waals surface area contributed by atoms with Gasteiger partial charge in [-0.3, -0.25) is 4.79 Å².